The van der Waals surface area contributed by atoms with Gasteiger partial charge in [-0.05, 0) is 30.0 Å². The van der Waals surface area contributed by atoms with Gasteiger partial charge in [-0.25, -0.2) is 4.98 Å². The van der Waals surface area contributed by atoms with Gasteiger partial charge in [0.1, 0.15) is 5.82 Å². The Morgan fingerprint density at radius 3 is 2.81 bits per heavy atom. The Labute approximate surface area is 131 Å². The summed E-state index contributed by atoms with van der Waals surface area (Å²) in [5.74, 6) is 0.215. The van der Waals surface area contributed by atoms with Gasteiger partial charge < -0.3 is 10.6 Å². The number of hydrogen-bond donors (Lipinski definition) is 2. The van der Waals surface area contributed by atoms with Gasteiger partial charge in [0.15, 0.2) is 0 Å². The molecule has 0 bridgehead atoms. The van der Waals surface area contributed by atoms with Gasteiger partial charge in [0, 0.05) is 19.2 Å². The van der Waals surface area contributed by atoms with E-state index in [9.17, 15) is 9.59 Å². The molecule has 0 radical (unpaired) electrons. The van der Waals surface area contributed by atoms with Gasteiger partial charge in [-0.1, -0.05) is 17.7 Å². The highest BCUT2D eigenvalue weighted by atomic mass is 35.5. The van der Waals surface area contributed by atoms with Gasteiger partial charge in [0.25, 0.3) is 5.91 Å². The quantitative estimate of drug-likeness (QED) is 0.803. The molecule has 2 aromatic rings. The van der Waals surface area contributed by atoms with Crippen molar-refractivity contribution >= 4 is 40.6 Å². The van der Waals surface area contributed by atoms with E-state index >= 15 is 0 Å². The van der Waals surface area contributed by atoms with Crippen molar-refractivity contribution in [3.8, 4) is 0 Å². The van der Waals surface area contributed by atoms with Crippen LogP contribution in [0.1, 0.15) is 22.5 Å². The standard InChI is InChI=1S/C14H14ClN3O2S/c15-10-5-6-12(17-9-10)18-13(19)4-1-7-16-14(20)11-3-2-8-21-11/h2-3,5-6,8-9H,1,4,7H2,(H,16,20)(H,17,18,19). The maximum atomic E-state index is 11.7. The molecule has 0 saturated heterocycles. The summed E-state index contributed by atoms with van der Waals surface area (Å²) in [6.45, 7) is 0.457. The lowest BCUT2D eigenvalue weighted by atomic mass is 10.3. The summed E-state index contributed by atoms with van der Waals surface area (Å²) < 4.78 is 0. The number of amides is 2. The SMILES string of the molecule is O=C(CCCNC(=O)c1cccs1)Nc1ccc(Cl)cn1. The zero-order chi connectivity index (χ0) is 15.1. The predicted molar refractivity (Wildman–Crippen MR) is 83.8 cm³/mol. The minimum absolute atomic E-state index is 0.107. The molecule has 21 heavy (non-hydrogen) atoms. The van der Waals surface area contributed by atoms with Crippen molar-refractivity contribution in [2.24, 2.45) is 0 Å². The summed E-state index contributed by atoms with van der Waals surface area (Å²) in [4.78, 5) is 28.0. The monoisotopic (exact) mass is 323 g/mol. The normalized spacial score (nSPS) is 10.1. The molecule has 0 aliphatic heterocycles. The number of pyridine rings is 1. The van der Waals surface area contributed by atoms with E-state index in [1.54, 1.807) is 18.2 Å². The molecule has 2 amide bonds. The molecule has 0 fully saturated rings. The summed E-state index contributed by atoms with van der Waals surface area (Å²) in [5.41, 5.74) is 0. The van der Waals surface area contributed by atoms with Crippen molar-refractivity contribution < 1.29 is 9.59 Å². The molecule has 0 aromatic carbocycles. The van der Waals surface area contributed by atoms with Crippen LogP contribution in [0, 0.1) is 0 Å². The summed E-state index contributed by atoms with van der Waals surface area (Å²) in [7, 11) is 0. The van der Waals surface area contributed by atoms with E-state index in [1.807, 2.05) is 11.4 Å². The van der Waals surface area contributed by atoms with Crippen LogP contribution in [0.3, 0.4) is 0 Å². The van der Waals surface area contributed by atoms with Crippen molar-refractivity contribution in [1.82, 2.24) is 10.3 Å². The lowest BCUT2D eigenvalue weighted by Crippen LogP contribution is -2.24. The summed E-state index contributed by atoms with van der Waals surface area (Å²) in [6.07, 6.45) is 2.35. The van der Waals surface area contributed by atoms with Gasteiger partial charge in [-0.3, -0.25) is 9.59 Å². The first kappa shape index (κ1) is 15.5. The Balaban J connectivity index is 1.65. The number of aromatic nitrogens is 1. The Morgan fingerprint density at radius 1 is 1.29 bits per heavy atom. The van der Waals surface area contributed by atoms with Crippen molar-refractivity contribution in [3.05, 3.63) is 45.7 Å². The number of thiophene rings is 1. The molecular weight excluding hydrogens is 310 g/mol. The molecule has 5 nitrogen and oxygen atoms in total. The Kier molecular flexibility index (Phi) is 5.71. The zero-order valence-corrected chi connectivity index (χ0v) is 12.7. The third-order valence-corrected chi connectivity index (χ3v) is 3.70. The molecule has 0 spiro atoms. The number of hydrogen-bond acceptors (Lipinski definition) is 4. The highest BCUT2D eigenvalue weighted by Gasteiger charge is 2.06. The minimum atomic E-state index is -0.143. The molecule has 7 heteroatoms. The van der Waals surface area contributed by atoms with Gasteiger partial charge in [-0.15, -0.1) is 11.3 Å². The Morgan fingerprint density at radius 2 is 2.14 bits per heavy atom. The first-order valence-corrected chi connectivity index (χ1v) is 7.64. The number of halogens is 1. The van der Waals surface area contributed by atoms with Crippen LogP contribution in [0.5, 0.6) is 0 Å². The molecule has 2 N–H and O–H groups in total. The maximum absolute atomic E-state index is 11.7. The largest absolute Gasteiger partial charge is 0.351 e. The molecule has 2 aromatic heterocycles. The fourth-order valence-corrected chi connectivity index (χ4v) is 2.35. The lowest BCUT2D eigenvalue weighted by molar-refractivity contribution is -0.116. The van der Waals surface area contributed by atoms with Crippen molar-refractivity contribution in [1.29, 1.82) is 0 Å². The fourth-order valence-electron chi connectivity index (χ4n) is 1.60. The molecule has 0 atom stereocenters. The van der Waals surface area contributed by atoms with Crippen molar-refractivity contribution in [2.75, 3.05) is 11.9 Å². The Bertz CT molecular complexity index is 599. The lowest BCUT2D eigenvalue weighted by Gasteiger charge is -2.05. The number of carbonyl (C=O) groups is 2. The molecule has 0 saturated carbocycles. The molecule has 2 heterocycles. The van der Waals surface area contributed by atoms with Crippen LogP contribution in [0.4, 0.5) is 5.82 Å². The van der Waals surface area contributed by atoms with Crippen LogP contribution in [-0.4, -0.2) is 23.3 Å². The van der Waals surface area contributed by atoms with Crippen LogP contribution >= 0.6 is 22.9 Å². The van der Waals surface area contributed by atoms with E-state index in [-0.39, 0.29) is 11.8 Å². The summed E-state index contributed by atoms with van der Waals surface area (Å²) >= 11 is 7.10. The van der Waals surface area contributed by atoms with E-state index in [4.69, 9.17) is 11.6 Å². The molecule has 0 aliphatic carbocycles. The third-order valence-electron chi connectivity index (χ3n) is 2.61. The number of rotatable bonds is 6. The molecule has 2 rings (SSSR count). The highest BCUT2D eigenvalue weighted by Crippen LogP contribution is 2.10. The van der Waals surface area contributed by atoms with E-state index in [1.165, 1.54) is 17.5 Å². The first-order valence-electron chi connectivity index (χ1n) is 6.38. The van der Waals surface area contributed by atoms with Crippen molar-refractivity contribution in [2.45, 2.75) is 12.8 Å². The molecular formula is C14H14ClN3O2S. The van der Waals surface area contributed by atoms with Gasteiger partial charge in [0.05, 0.1) is 9.90 Å². The highest BCUT2D eigenvalue weighted by molar-refractivity contribution is 7.12. The maximum Gasteiger partial charge on any atom is 0.261 e. The number of carbonyl (C=O) groups excluding carboxylic acids is 2. The van der Waals surface area contributed by atoms with E-state index in [0.29, 0.717) is 35.1 Å². The third kappa shape index (κ3) is 5.17. The second kappa shape index (κ2) is 7.75. The Hall–Kier alpha value is -1.92. The summed E-state index contributed by atoms with van der Waals surface area (Å²) in [6, 6.07) is 6.88. The number of nitrogens with one attached hydrogen (secondary N) is 2. The number of nitrogens with zero attached hydrogens (tertiary/aromatic N) is 1. The van der Waals surface area contributed by atoms with Crippen LogP contribution in [-0.2, 0) is 4.79 Å². The van der Waals surface area contributed by atoms with Gasteiger partial charge >= 0.3 is 0 Å². The van der Waals surface area contributed by atoms with E-state index in [0.717, 1.165) is 0 Å². The average molecular weight is 324 g/mol. The van der Waals surface area contributed by atoms with Crippen molar-refractivity contribution in [3.63, 3.8) is 0 Å². The van der Waals surface area contributed by atoms with Gasteiger partial charge in [0.2, 0.25) is 5.91 Å². The second-order valence-electron chi connectivity index (χ2n) is 4.25. The minimum Gasteiger partial charge on any atom is -0.351 e. The van der Waals surface area contributed by atoms with Crippen LogP contribution in [0.25, 0.3) is 0 Å². The van der Waals surface area contributed by atoms with Crippen LogP contribution in [0.15, 0.2) is 35.8 Å². The molecule has 0 unspecified atom stereocenters. The summed E-state index contributed by atoms with van der Waals surface area (Å²) in [5, 5.41) is 7.80. The first-order chi connectivity index (χ1) is 10.1. The smallest absolute Gasteiger partial charge is 0.261 e. The average Bonchev–Trinajstić information content (AvgIpc) is 3.00. The number of anilines is 1. The fraction of sp³-hybridized carbons (Fsp3) is 0.214. The van der Waals surface area contributed by atoms with Gasteiger partial charge in [-0.2, -0.15) is 0 Å². The van der Waals surface area contributed by atoms with E-state index < -0.39 is 0 Å². The van der Waals surface area contributed by atoms with Crippen LogP contribution < -0.4 is 10.6 Å². The van der Waals surface area contributed by atoms with E-state index in [2.05, 4.69) is 15.6 Å². The molecule has 0 aliphatic rings. The van der Waals surface area contributed by atoms with Crippen LogP contribution in [0.2, 0.25) is 5.02 Å². The topological polar surface area (TPSA) is 71.1 Å². The molecule has 110 valence electrons. The second-order valence-corrected chi connectivity index (χ2v) is 5.63. The predicted octanol–water partition coefficient (Wildman–Crippen LogP) is 2.95. The zero-order valence-electron chi connectivity index (χ0n) is 11.1.